The number of amides is 1. The summed E-state index contributed by atoms with van der Waals surface area (Å²) in [5, 5.41) is 13.2. The minimum atomic E-state index is -0.297. The molecule has 2 aliphatic rings. The topological polar surface area (TPSA) is 123 Å². The number of hydrogen-bond donors (Lipinski definition) is 3. The molecule has 1 saturated heterocycles. The molecular weight excluding hydrogens is 384 g/mol. The van der Waals surface area contributed by atoms with Crippen LogP contribution >= 0.6 is 11.6 Å². The van der Waals surface area contributed by atoms with Gasteiger partial charge in [0, 0.05) is 6.04 Å². The molecule has 4 rings (SSSR count). The van der Waals surface area contributed by atoms with Crippen LogP contribution in [0.3, 0.4) is 0 Å². The lowest BCUT2D eigenvalue weighted by Crippen LogP contribution is -2.44. The maximum absolute atomic E-state index is 11.6. The number of aromatic nitrogens is 4. The van der Waals surface area contributed by atoms with E-state index < -0.39 is 0 Å². The fourth-order valence-electron chi connectivity index (χ4n) is 3.60. The lowest BCUT2D eigenvalue weighted by molar-refractivity contribution is -0.121. The van der Waals surface area contributed by atoms with Crippen LogP contribution in [0.4, 0.5) is 17.5 Å². The van der Waals surface area contributed by atoms with E-state index in [-0.39, 0.29) is 17.9 Å². The number of morpholine rings is 1. The van der Waals surface area contributed by atoms with Crippen LogP contribution in [0.2, 0.25) is 5.02 Å². The molecule has 0 radical (unpaired) electrons. The van der Waals surface area contributed by atoms with Crippen LogP contribution in [-0.2, 0) is 9.53 Å². The Morgan fingerprint density at radius 3 is 2.89 bits per heavy atom. The predicted molar refractivity (Wildman–Crippen MR) is 105 cm³/mol. The van der Waals surface area contributed by atoms with Gasteiger partial charge in [0.05, 0.1) is 56.5 Å². The largest absolute Gasteiger partial charge is 0.378 e. The number of rotatable bonds is 6. The fourth-order valence-corrected chi connectivity index (χ4v) is 3.74. The first-order valence-corrected chi connectivity index (χ1v) is 9.71. The first-order valence-electron chi connectivity index (χ1n) is 9.33. The van der Waals surface area contributed by atoms with Gasteiger partial charge in [-0.1, -0.05) is 18.0 Å². The maximum Gasteiger partial charge on any atom is 0.229 e. The minimum absolute atomic E-state index is 0.0678. The van der Waals surface area contributed by atoms with Crippen molar-refractivity contribution in [2.24, 2.45) is 11.7 Å². The summed E-state index contributed by atoms with van der Waals surface area (Å²) in [7, 11) is 0. The summed E-state index contributed by atoms with van der Waals surface area (Å²) in [4.78, 5) is 22.1. The van der Waals surface area contributed by atoms with Gasteiger partial charge in [-0.05, 0) is 12.8 Å². The van der Waals surface area contributed by atoms with Crippen molar-refractivity contribution < 1.29 is 9.53 Å². The monoisotopic (exact) mass is 406 g/mol. The molecule has 150 valence electrons. The van der Waals surface area contributed by atoms with Crippen molar-refractivity contribution in [2.75, 3.05) is 41.9 Å². The second-order valence-electron chi connectivity index (χ2n) is 6.92. The Bertz CT molecular complexity index is 838. The van der Waals surface area contributed by atoms with E-state index in [0.29, 0.717) is 30.0 Å². The van der Waals surface area contributed by atoms with Crippen molar-refractivity contribution in [3.63, 3.8) is 0 Å². The second kappa shape index (κ2) is 8.19. The Kier molecular flexibility index (Phi) is 5.49. The number of carbonyl (C=O) groups is 1. The summed E-state index contributed by atoms with van der Waals surface area (Å²) in [5.74, 6) is 0.364. The number of nitrogens with zero attached hydrogens (tertiary/aromatic N) is 5. The smallest absolute Gasteiger partial charge is 0.229 e. The highest BCUT2D eigenvalue weighted by Gasteiger charge is 2.32. The predicted octanol–water partition coefficient (Wildman–Crippen LogP) is 1.10. The average molecular weight is 407 g/mol. The Morgan fingerprint density at radius 2 is 2.11 bits per heavy atom. The molecule has 2 fully saturated rings. The van der Waals surface area contributed by atoms with E-state index in [1.807, 2.05) is 6.20 Å². The van der Waals surface area contributed by atoms with Crippen LogP contribution in [0.25, 0.3) is 0 Å². The van der Waals surface area contributed by atoms with Gasteiger partial charge in [0.1, 0.15) is 5.02 Å². The van der Waals surface area contributed by atoms with Crippen LogP contribution in [0.1, 0.15) is 19.3 Å². The van der Waals surface area contributed by atoms with Crippen molar-refractivity contribution in [2.45, 2.75) is 25.3 Å². The lowest BCUT2D eigenvalue weighted by atomic mass is 10.0. The number of carbonyl (C=O) groups excluding carboxylic acids is 1. The van der Waals surface area contributed by atoms with Crippen molar-refractivity contribution in [1.29, 1.82) is 0 Å². The lowest BCUT2D eigenvalue weighted by Gasteiger charge is -2.28. The maximum atomic E-state index is 11.6. The molecule has 10 nitrogen and oxygen atoms in total. The molecule has 0 unspecified atom stereocenters. The van der Waals surface area contributed by atoms with Crippen LogP contribution in [-0.4, -0.2) is 58.1 Å². The summed E-state index contributed by atoms with van der Waals surface area (Å²) >= 11 is 6.24. The van der Waals surface area contributed by atoms with Gasteiger partial charge in [0.2, 0.25) is 11.9 Å². The first-order chi connectivity index (χ1) is 13.6. The van der Waals surface area contributed by atoms with Gasteiger partial charge in [-0.25, -0.2) is 4.98 Å². The number of primary amides is 1. The van der Waals surface area contributed by atoms with Crippen molar-refractivity contribution in [3.05, 3.63) is 23.6 Å². The molecule has 1 aliphatic carbocycles. The highest BCUT2D eigenvalue weighted by molar-refractivity contribution is 6.32. The van der Waals surface area contributed by atoms with E-state index in [1.165, 1.54) is 6.20 Å². The van der Waals surface area contributed by atoms with Gasteiger partial charge in [-0.2, -0.15) is 14.9 Å². The Hall–Kier alpha value is -2.59. The number of hydrogen-bond acceptors (Lipinski definition) is 8. The van der Waals surface area contributed by atoms with Crippen molar-refractivity contribution in [3.8, 4) is 0 Å². The molecule has 3 heterocycles. The third-order valence-corrected chi connectivity index (χ3v) is 5.33. The quantitative estimate of drug-likeness (QED) is 0.651. The third-order valence-electron chi connectivity index (χ3n) is 5.05. The minimum Gasteiger partial charge on any atom is -0.378 e. The number of nitrogens with one attached hydrogen (secondary N) is 2. The number of ether oxygens (including phenoxy) is 1. The van der Waals surface area contributed by atoms with Gasteiger partial charge in [0.15, 0.2) is 5.82 Å². The van der Waals surface area contributed by atoms with E-state index >= 15 is 0 Å². The summed E-state index contributed by atoms with van der Waals surface area (Å²) in [5.41, 5.74) is 6.26. The average Bonchev–Trinajstić information content (AvgIpc) is 3.35. The molecule has 28 heavy (non-hydrogen) atoms. The van der Waals surface area contributed by atoms with E-state index in [4.69, 9.17) is 22.1 Å². The SMILES string of the molecule is NC(=O)[C@@H]1CCC[C@@H]1Nc1nc(Nc2cnn(N3CCOCC3)c2)ncc1Cl. The van der Waals surface area contributed by atoms with E-state index in [9.17, 15) is 4.79 Å². The second-order valence-corrected chi connectivity index (χ2v) is 7.33. The Balaban J connectivity index is 1.45. The molecule has 2 aromatic heterocycles. The van der Waals surface area contributed by atoms with Crippen LogP contribution < -0.4 is 21.4 Å². The summed E-state index contributed by atoms with van der Waals surface area (Å²) in [6.45, 7) is 2.95. The molecule has 4 N–H and O–H groups in total. The van der Waals surface area contributed by atoms with Gasteiger partial charge >= 0.3 is 0 Å². The summed E-state index contributed by atoms with van der Waals surface area (Å²) < 4.78 is 5.36. The Labute approximate surface area is 167 Å². The molecule has 11 heteroatoms. The molecule has 2 atom stereocenters. The van der Waals surface area contributed by atoms with Gasteiger partial charge in [-0.15, -0.1) is 0 Å². The van der Waals surface area contributed by atoms with Gasteiger partial charge < -0.3 is 21.1 Å². The number of halogens is 1. The van der Waals surface area contributed by atoms with E-state index in [1.54, 1.807) is 11.0 Å². The summed E-state index contributed by atoms with van der Waals surface area (Å²) in [6.07, 6.45) is 7.68. The number of nitrogens with two attached hydrogens (primary N) is 1. The molecule has 0 bridgehead atoms. The highest BCUT2D eigenvalue weighted by Crippen LogP contribution is 2.30. The highest BCUT2D eigenvalue weighted by atomic mass is 35.5. The standard InChI is InChI=1S/C17H23ClN8O2/c18-13-9-20-17(24-16(13)23-14-3-1-2-12(14)15(19)27)22-11-8-21-26(10-11)25-4-6-28-7-5-25/h8-10,12,14H,1-7H2,(H2,19,27)(H2,20,22,23,24)/t12-,14+/m1/s1. The van der Waals surface area contributed by atoms with E-state index in [2.05, 4.69) is 30.7 Å². The summed E-state index contributed by atoms with van der Waals surface area (Å²) in [6, 6.07) is -0.0678. The molecule has 1 aliphatic heterocycles. The zero-order chi connectivity index (χ0) is 19.5. The first kappa shape index (κ1) is 18.8. The van der Waals surface area contributed by atoms with Gasteiger partial charge in [0.25, 0.3) is 0 Å². The van der Waals surface area contributed by atoms with Crippen molar-refractivity contribution in [1.82, 2.24) is 19.9 Å². The molecule has 1 saturated carbocycles. The zero-order valence-electron chi connectivity index (χ0n) is 15.3. The normalized spacial score (nSPS) is 22.2. The molecular formula is C17H23ClN8O2. The molecule has 0 aromatic carbocycles. The van der Waals surface area contributed by atoms with E-state index in [0.717, 1.165) is 38.0 Å². The van der Waals surface area contributed by atoms with Gasteiger partial charge in [-0.3, -0.25) is 9.80 Å². The molecule has 1 amide bonds. The fraction of sp³-hybridized carbons (Fsp3) is 0.529. The Morgan fingerprint density at radius 1 is 1.29 bits per heavy atom. The zero-order valence-corrected chi connectivity index (χ0v) is 16.1. The van der Waals surface area contributed by atoms with Crippen LogP contribution in [0.15, 0.2) is 18.6 Å². The van der Waals surface area contributed by atoms with Crippen LogP contribution in [0, 0.1) is 5.92 Å². The van der Waals surface area contributed by atoms with Crippen LogP contribution in [0.5, 0.6) is 0 Å². The molecule has 2 aromatic rings. The third kappa shape index (κ3) is 4.12. The number of anilines is 3. The van der Waals surface area contributed by atoms with Crippen molar-refractivity contribution >= 4 is 35.0 Å². The molecule has 0 spiro atoms.